The van der Waals surface area contributed by atoms with E-state index in [9.17, 15) is 14.4 Å². The van der Waals surface area contributed by atoms with E-state index < -0.39 is 11.2 Å². The minimum absolute atomic E-state index is 0. The SMILES string of the molecule is CC(C)C(=O)Nn1c(=O)cc[nH]c1=O.O. The van der Waals surface area contributed by atoms with Crippen LogP contribution in [0.15, 0.2) is 21.9 Å². The Balaban J connectivity index is 0.00000196. The highest BCUT2D eigenvalue weighted by molar-refractivity contribution is 5.85. The first-order valence-electron chi connectivity index (χ1n) is 4.14. The van der Waals surface area contributed by atoms with Gasteiger partial charge in [-0.2, -0.15) is 4.68 Å². The third-order valence-electron chi connectivity index (χ3n) is 1.60. The molecule has 1 amide bonds. The van der Waals surface area contributed by atoms with Gasteiger partial charge in [0.05, 0.1) is 0 Å². The maximum absolute atomic E-state index is 11.2. The molecular weight excluding hydrogens is 202 g/mol. The van der Waals surface area contributed by atoms with Gasteiger partial charge in [0.15, 0.2) is 0 Å². The van der Waals surface area contributed by atoms with Crippen LogP contribution in [0.3, 0.4) is 0 Å². The van der Waals surface area contributed by atoms with Gasteiger partial charge in [-0.3, -0.25) is 15.0 Å². The summed E-state index contributed by atoms with van der Waals surface area (Å²) < 4.78 is 0.641. The van der Waals surface area contributed by atoms with Crippen molar-refractivity contribution in [1.29, 1.82) is 0 Å². The van der Waals surface area contributed by atoms with Crippen LogP contribution in [0.4, 0.5) is 0 Å². The molecule has 0 saturated carbocycles. The Hall–Kier alpha value is -1.89. The fourth-order valence-corrected chi connectivity index (χ4v) is 0.769. The number of hydrogen-bond donors (Lipinski definition) is 2. The summed E-state index contributed by atoms with van der Waals surface area (Å²) in [6.07, 6.45) is 1.22. The standard InChI is InChI=1S/C8H11N3O3.H2O/c1-5(2)7(13)10-11-6(12)3-4-9-8(11)14;/h3-5H,1-2H3,(H,9,14)(H,10,13);1H2. The molecule has 0 atom stereocenters. The van der Waals surface area contributed by atoms with Crippen molar-refractivity contribution >= 4 is 5.91 Å². The van der Waals surface area contributed by atoms with Crippen LogP contribution < -0.4 is 16.7 Å². The van der Waals surface area contributed by atoms with Gasteiger partial charge in [0.1, 0.15) is 0 Å². The van der Waals surface area contributed by atoms with Gasteiger partial charge in [-0.05, 0) is 0 Å². The predicted octanol–water partition coefficient (Wildman–Crippen LogP) is -1.56. The normalized spacial score (nSPS) is 9.53. The van der Waals surface area contributed by atoms with Crippen molar-refractivity contribution in [2.45, 2.75) is 13.8 Å². The van der Waals surface area contributed by atoms with Crippen LogP contribution in [-0.4, -0.2) is 21.0 Å². The van der Waals surface area contributed by atoms with Gasteiger partial charge in [-0.25, -0.2) is 4.79 Å². The molecule has 0 unspecified atom stereocenters. The lowest BCUT2D eigenvalue weighted by Crippen LogP contribution is -2.44. The average Bonchev–Trinajstić information content (AvgIpc) is 2.11. The van der Waals surface area contributed by atoms with Crippen LogP contribution in [-0.2, 0) is 4.79 Å². The van der Waals surface area contributed by atoms with Crippen LogP contribution in [0.25, 0.3) is 0 Å². The van der Waals surface area contributed by atoms with E-state index in [1.807, 2.05) is 0 Å². The molecule has 0 bridgehead atoms. The number of nitrogens with one attached hydrogen (secondary N) is 2. The minimum atomic E-state index is -0.661. The molecule has 0 aromatic carbocycles. The van der Waals surface area contributed by atoms with E-state index in [0.717, 1.165) is 6.07 Å². The second kappa shape index (κ2) is 5.11. The summed E-state index contributed by atoms with van der Waals surface area (Å²) in [5.74, 6) is -0.676. The highest BCUT2D eigenvalue weighted by Crippen LogP contribution is 1.89. The highest BCUT2D eigenvalue weighted by Gasteiger charge is 2.09. The molecule has 1 rings (SSSR count). The van der Waals surface area contributed by atoms with Crippen LogP contribution >= 0.6 is 0 Å². The Morgan fingerprint density at radius 2 is 2.07 bits per heavy atom. The van der Waals surface area contributed by atoms with Crippen LogP contribution in [0.5, 0.6) is 0 Å². The number of aromatic amines is 1. The van der Waals surface area contributed by atoms with E-state index in [0.29, 0.717) is 4.68 Å². The summed E-state index contributed by atoms with van der Waals surface area (Å²) in [6, 6.07) is 1.15. The third kappa shape index (κ3) is 3.06. The summed E-state index contributed by atoms with van der Waals surface area (Å²) >= 11 is 0. The molecule has 0 saturated heterocycles. The highest BCUT2D eigenvalue weighted by atomic mass is 16.2. The number of H-pyrrole nitrogens is 1. The predicted molar refractivity (Wildman–Crippen MR) is 54.1 cm³/mol. The minimum Gasteiger partial charge on any atom is -0.412 e. The van der Waals surface area contributed by atoms with Crippen molar-refractivity contribution < 1.29 is 10.3 Å². The molecule has 84 valence electrons. The monoisotopic (exact) mass is 215 g/mol. The average molecular weight is 215 g/mol. The van der Waals surface area contributed by atoms with E-state index in [4.69, 9.17) is 0 Å². The topological polar surface area (TPSA) is 115 Å². The second-order valence-electron chi connectivity index (χ2n) is 3.09. The first kappa shape index (κ1) is 13.1. The maximum atomic E-state index is 11.2. The first-order valence-corrected chi connectivity index (χ1v) is 4.14. The lowest BCUT2D eigenvalue weighted by Gasteiger charge is -2.07. The van der Waals surface area contributed by atoms with Crippen molar-refractivity contribution in [3.8, 4) is 0 Å². The summed E-state index contributed by atoms with van der Waals surface area (Å²) in [5.41, 5.74) is 0.972. The second-order valence-corrected chi connectivity index (χ2v) is 3.09. The molecule has 15 heavy (non-hydrogen) atoms. The Labute approximate surface area is 85.0 Å². The molecule has 0 radical (unpaired) electrons. The van der Waals surface area contributed by atoms with Gasteiger partial charge in [0, 0.05) is 18.2 Å². The third-order valence-corrected chi connectivity index (χ3v) is 1.60. The van der Waals surface area contributed by atoms with E-state index in [1.165, 1.54) is 6.20 Å². The largest absolute Gasteiger partial charge is 0.412 e. The summed E-state index contributed by atoms with van der Waals surface area (Å²) in [4.78, 5) is 35.7. The molecule has 0 aliphatic rings. The van der Waals surface area contributed by atoms with Crippen molar-refractivity contribution in [1.82, 2.24) is 9.66 Å². The Kier molecular flexibility index (Phi) is 4.46. The van der Waals surface area contributed by atoms with Crippen molar-refractivity contribution in [3.05, 3.63) is 33.1 Å². The summed E-state index contributed by atoms with van der Waals surface area (Å²) in [5, 5.41) is 0. The molecular formula is C8H13N3O4. The quantitative estimate of drug-likeness (QED) is 0.621. The smallest absolute Gasteiger partial charge is 0.347 e. The van der Waals surface area contributed by atoms with E-state index in [1.54, 1.807) is 13.8 Å². The van der Waals surface area contributed by atoms with Gasteiger partial charge in [0.2, 0.25) is 5.91 Å². The number of amides is 1. The first-order chi connectivity index (χ1) is 6.52. The number of carbonyl (C=O) groups excluding carboxylic acids is 1. The van der Waals surface area contributed by atoms with Crippen LogP contribution in [0.2, 0.25) is 0 Å². The van der Waals surface area contributed by atoms with E-state index in [2.05, 4.69) is 10.4 Å². The molecule has 0 spiro atoms. The molecule has 0 aliphatic carbocycles. The van der Waals surface area contributed by atoms with E-state index >= 15 is 0 Å². The zero-order valence-corrected chi connectivity index (χ0v) is 8.40. The molecule has 0 fully saturated rings. The number of nitrogens with zero attached hydrogens (tertiary/aromatic N) is 1. The molecule has 1 aromatic rings. The van der Waals surface area contributed by atoms with Gasteiger partial charge in [0.25, 0.3) is 5.56 Å². The van der Waals surface area contributed by atoms with Crippen molar-refractivity contribution in [2.75, 3.05) is 5.43 Å². The van der Waals surface area contributed by atoms with Gasteiger partial charge in [-0.1, -0.05) is 13.8 Å². The molecule has 1 aromatic heterocycles. The Morgan fingerprint density at radius 1 is 1.47 bits per heavy atom. The lowest BCUT2D eigenvalue weighted by molar-refractivity contribution is -0.119. The lowest BCUT2D eigenvalue weighted by atomic mass is 10.2. The van der Waals surface area contributed by atoms with Gasteiger partial charge < -0.3 is 10.5 Å². The van der Waals surface area contributed by atoms with Gasteiger partial charge in [-0.15, -0.1) is 0 Å². The summed E-state index contributed by atoms with van der Waals surface area (Å²) in [7, 11) is 0. The van der Waals surface area contributed by atoms with Crippen molar-refractivity contribution in [2.24, 2.45) is 5.92 Å². The molecule has 7 heteroatoms. The number of aromatic nitrogens is 2. The molecule has 4 N–H and O–H groups in total. The Bertz CT molecular complexity index is 417. The van der Waals surface area contributed by atoms with Crippen molar-refractivity contribution in [3.63, 3.8) is 0 Å². The number of rotatable bonds is 2. The zero-order valence-electron chi connectivity index (χ0n) is 8.40. The maximum Gasteiger partial charge on any atom is 0.347 e. The molecule has 0 aliphatic heterocycles. The number of hydrogen-bond acceptors (Lipinski definition) is 3. The van der Waals surface area contributed by atoms with Crippen LogP contribution in [0.1, 0.15) is 13.8 Å². The summed E-state index contributed by atoms with van der Waals surface area (Å²) in [6.45, 7) is 3.33. The zero-order chi connectivity index (χ0) is 10.7. The van der Waals surface area contributed by atoms with E-state index in [-0.39, 0.29) is 17.3 Å². The number of carbonyl (C=O) groups is 1. The fraction of sp³-hybridized carbons (Fsp3) is 0.375. The van der Waals surface area contributed by atoms with Gasteiger partial charge >= 0.3 is 5.69 Å². The molecule has 1 heterocycles. The molecule has 7 nitrogen and oxygen atoms in total. The Morgan fingerprint density at radius 3 is 2.53 bits per heavy atom. The fourth-order valence-electron chi connectivity index (χ4n) is 0.769. The van der Waals surface area contributed by atoms with Crippen LogP contribution in [0, 0.1) is 5.92 Å².